The summed E-state index contributed by atoms with van der Waals surface area (Å²) in [5, 5.41) is 0.786. The Morgan fingerprint density at radius 1 is 1.14 bits per heavy atom. The standard InChI is InChI=1S/C21H20FNO4S2/c1-2-27-21(24)19-15-9-5-6-10-17(15)28-20(19)23-29(25,26)18-12-11-16(22)13-7-3-4-8-14(13)18/h3-4,7-8,11-12,23H,2,5-6,9-10H2,1H3. The molecule has 5 nitrogen and oxygen atoms in total. The molecule has 0 spiro atoms. The van der Waals surface area contributed by atoms with Gasteiger partial charge in [0.25, 0.3) is 10.0 Å². The Kier molecular flexibility index (Phi) is 5.31. The summed E-state index contributed by atoms with van der Waals surface area (Å²) in [5.41, 5.74) is 1.18. The smallest absolute Gasteiger partial charge is 0.341 e. The topological polar surface area (TPSA) is 72.5 Å². The van der Waals surface area contributed by atoms with Gasteiger partial charge < -0.3 is 4.74 Å². The van der Waals surface area contributed by atoms with Crippen LogP contribution in [-0.2, 0) is 27.6 Å². The minimum absolute atomic E-state index is 0.0318. The second kappa shape index (κ2) is 7.76. The van der Waals surface area contributed by atoms with E-state index in [9.17, 15) is 17.6 Å². The van der Waals surface area contributed by atoms with E-state index in [2.05, 4.69) is 4.72 Å². The van der Waals surface area contributed by atoms with Crippen molar-refractivity contribution >= 4 is 43.1 Å². The number of nitrogens with one attached hydrogen (secondary N) is 1. The highest BCUT2D eigenvalue weighted by Crippen LogP contribution is 2.40. The van der Waals surface area contributed by atoms with Crippen molar-refractivity contribution in [2.45, 2.75) is 37.5 Å². The lowest BCUT2D eigenvalue weighted by molar-refractivity contribution is 0.0526. The van der Waals surface area contributed by atoms with E-state index in [0.717, 1.165) is 42.2 Å². The van der Waals surface area contributed by atoms with Gasteiger partial charge in [-0.25, -0.2) is 17.6 Å². The van der Waals surface area contributed by atoms with Gasteiger partial charge in [0.05, 0.1) is 17.1 Å². The van der Waals surface area contributed by atoms with E-state index in [-0.39, 0.29) is 21.9 Å². The minimum atomic E-state index is -4.04. The van der Waals surface area contributed by atoms with Gasteiger partial charge in [0.2, 0.25) is 0 Å². The maximum absolute atomic E-state index is 14.1. The van der Waals surface area contributed by atoms with Crippen molar-refractivity contribution in [2.75, 3.05) is 11.3 Å². The Balaban J connectivity index is 1.81. The van der Waals surface area contributed by atoms with E-state index < -0.39 is 21.8 Å². The van der Waals surface area contributed by atoms with Crippen molar-refractivity contribution < 1.29 is 22.3 Å². The second-order valence-electron chi connectivity index (χ2n) is 6.83. The molecule has 152 valence electrons. The molecule has 1 heterocycles. The van der Waals surface area contributed by atoms with Crippen LogP contribution in [0.4, 0.5) is 9.39 Å². The van der Waals surface area contributed by atoms with E-state index in [1.54, 1.807) is 25.1 Å². The van der Waals surface area contributed by atoms with Crippen LogP contribution in [0, 0.1) is 5.82 Å². The normalized spacial score (nSPS) is 13.9. The fourth-order valence-electron chi connectivity index (χ4n) is 3.70. The minimum Gasteiger partial charge on any atom is -0.462 e. The molecule has 2 aromatic carbocycles. The van der Waals surface area contributed by atoms with Crippen LogP contribution in [0.3, 0.4) is 0 Å². The maximum atomic E-state index is 14.1. The van der Waals surface area contributed by atoms with Crippen molar-refractivity contribution in [3.8, 4) is 0 Å². The van der Waals surface area contributed by atoms with Crippen molar-refractivity contribution in [1.29, 1.82) is 0 Å². The molecule has 1 aliphatic rings. The van der Waals surface area contributed by atoms with Crippen LogP contribution in [0.2, 0.25) is 0 Å². The number of carbonyl (C=O) groups excluding carboxylic acids is 1. The van der Waals surface area contributed by atoms with Crippen molar-refractivity contribution in [1.82, 2.24) is 0 Å². The summed E-state index contributed by atoms with van der Waals surface area (Å²) in [5.74, 6) is -1.01. The summed E-state index contributed by atoms with van der Waals surface area (Å²) in [6.45, 7) is 1.92. The summed E-state index contributed by atoms with van der Waals surface area (Å²) in [7, 11) is -4.04. The number of hydrogen-bond acceptors (Lipinski definition) is 5. The number of hydrogen-bond donors (Lipinski definition) is 1. The molecular weight excluding hydrogens is 413 g/mol. The molecule has 1 N–H and O–H groups in total. The zero-order valence-corrected chi connectivity index (χ0v) is 17.5. The van der Waals surface area contributed by atoms with Crippen LogP contribution >= 0.6 is 11.3 Å². The van der Waals surface area contributed by atoms with Gasteiger partial charge in [-0.1, -0.05) is 24.3 Å². The summed E-state index contributed by atoms with van der Waals surface area (Å²) in [6, 6.07) is 8.81. The molecule has 0 saturated heterocycles. The number of fused-ring (bicyclic) bond motifs is 2. The SMILES string of the molecule is CCOC(=O)c1c(NS(=O)(=O)c2ccc(F)c3ccccc23)sc2c1CCCC2. The molecule has 0 unspecified atom stereocenters. The molecule has 0 amide bonds. The second-order valence-corrected chi connectivity index (χ2v) is 9.59. The Labute approximate surface area is 172 Å². The number of thiophene rings is 1. The third-order valence-electron chi connectivity index (χ3n) is 5.00. The Hall–Kier alpha value is -2.45. The first-order valence-electron chi connectivity index (χ1n) is 9.44. The molecule has 0 saturated carbocycles. The number of sulfonamides is 1. The summed E-state index contributed by atoms with van der Waals surface area (Å²) in [6.07, 6.45) is 3.49. The first-order chi connectivity index (χ1) is 13.9. The zero-order valence-electron chi connectivity index (χ0n) is 15.8. The number of benzene rings is 2. The van der Waals surface area contributed by atoms with E-state index >= 15 is 0 Å². The highest BCUT2D eigenvalue weighted by Gasteiger charge is 2.29. The van der Waals surface area contributed by atoms with Crippen LogP contribution in [0.5, 0.6) is 0 Å². The molecule has 0 bridgehead atoms. The monoisotopic (exact) mass is 433 g/mol. The Morgan fingerprint density at radius 3 is 2.62 bits per heavy atom. The molecule has 29 heavy (non-hydrogen) atoms. The lowest BCUT2D eigenvalue weighted by atomic mass is 9.95. The number of carbonyl (C=O) groups is 1. The highest BCUT2D eigenvalue weighted by molar-refractivity contribution is 7.93. The quantitative estimate of drug-likeness (QED) is 0.581. The fraction of sp³-hybridized carbons (Fsp3) is 0.286. The molecule has 3 aromatic rings. The molecule has 0 atom stereocenters. The zero-order chi connectivity index (χ0) is 20.6. The van der Waals surface area contributed by atoms with Crippen molar-refractivity contribution in [2.24, 2.45) is 0 Å². The predicted molar refractivity (Wildman–Crippen MR) is 112 cm³/mol. The van der Waals surface area contributed by atoms with E-state index in [1.807, 2.05) is 0 Å². The number of rotatable bonds is 5. The molecular formula is C21H20FNO4S2. The lowest BCUT2D eigenvalue weighted by Gasteiger charge is -2.13. The molecule has 0 aliphatic heterocycles. The molecule has 0 radical (unpaired) electrons. The largest absolute Gasteiger partial charge is 0.462 e. The first kappa shape index (κ1) is 19.8. The molecule has 1 aliphatic carbocycles. The molecule has 4 rings (SSSR count). The number of aryl methyl sites for hydroxylation is 1. The third kappa shape index (κ3) is 3.62. The maximum Gasteiger partial charge on any atom is 0.341 e. The fourth-order valence-corrected chi connectivity index (χ4v) is 6.50. The summed E-state index contributed by atoms with van der Waals surface area (Å²) >= 11 is 1.28. The lowest BCUT2D eigenvalue weighted by Crippen LogP contribution is -2.16. The van der Waals surface area contributed by atoms with Crippen LogP contribution in [0.15, 0.2) is 41.3 Å². The number of anilines is 1. The third-order valence-corrected chi connectivity index (χ3v) is 7.74. The Bertz CT molecular complexity index is 1200. The average molecular weight is 434 g/mol. The van der Waals surface area contributed by atoms with Gasteiger partial charge >= 0.3 is 5.97 Å². The molecule has 8 heteroatoms. The van der Waals surface area contributed by atoms with Crippen LogP contribution in [0.25, 0.3) is 10.8 Å². The Morgan fingerprint density at radius 2 is 1.86 bits per heavy atom. The van der Waals surface area contributed by atoms with Crippen LogP contribution in [0.1, 0.15) is 40.6 Å². The number of ether oxygens (including phenoxy) is 1. The average Bonchev–Trinajstić information content (AvgIpc) is 3.05. The number of halogens is 1. The van der Waals surface area contributed by atoms with Crippen LogP contribution in [-0.4, -0.2) is 21.0 Å². The van der Waals surface area contributed by atoms with Gasteiger partial charge in [-0.05, 0) is 50.3 Å². The van der Waals surface area contributed by atoms with Crippen LogP contribution < -0.4 is 4.72 Å². The van der Waals surface area contributed by atoms with Gasteiger partial charge in [0, 0.05) is 15.6 Å². The molecule has 0 fully saturated rings. The van der Waals surface area contributed by atoms with E-state index in [4.69, 9.17) is 4.74 Å². The van der Waals surface area contributed by atoms with Crippen molar-refractivity contribution in [3.05, 3.63) is 58.2 Å². The summed E-state index contributed by atoms with van der Waals surface area (Å²) in [4.78, 5) is 13.6. The molecule has 1 aromatic heterocycles. The van der Waals surface area contributed by atoms with E-state index in [1.165, 1.54) is 23.5 Å². The van der Waals surface area contributed by atoms with Gasteiger partial charge in [-0.15, -0.1) is 11.3 Å². The van der Waals surface area contributed by atoms with Gasteiger partial charge in [0.15, 0.2) is 0 Å². The van der Waals surface area contributed by atoms with Gasteiger partial charge in [-0.3, -0.25) is 4.72 Å². The van der Waals surface area contributed by atoms with E-state index in [0.29, 0.717) is 10.9 Å². The first-order valence-corrected chi connectivity index (χ1v) is 11.7. The summed E-state index contributed by atoms with van der Waals surface area (Å²) < 4.78 is 48.3. The van der Waals surface area contributed by atoms with Gasteiger partial charge in [-0.2, -0.15) is 0 Å². The predicted octanol–water partition coefficient (Wildman–Crippen LogP) is 4.90. The van der Waals surface area contributed by atoms with Crippen molar-refractivity contribution in [3.63, 3.8) is 0 Å². The highest BCUT2D eigenvalue weighted by atomic mass is 32.2. The van der Waals surface area contributed by atoms with Gasteiger partial charge in [0.1, 0.15) is 10.8 Å². The number of esters is 1.